The summed E-state index contributed by atoms with van der Waals surface area (Å²) in [7, 11) is 0. The van der Waals surface area contributed by atoms with Crippen LogP contribution in [0.1, 0.15) is 36.8 Å². The fraction of sp³-hybridized carbons (Fsp3) is 0.261. The first-order valence-corrected chi connectivity index (χ1v) is 9.09. The van der Waals surface area contributed by atoms with Gasteiger partial charge in [0.05, 0.1) is 6.42 Å². The first-order chi connectivity index (χ1) is 13.7. The van der Waals surface area contributed by atoms with E-state index in [1.165, 1.54) is 0 Å². The van der Waals surface area contributed by atoms with Crippen molar-refractivity contribution in [2.24, 2.45) is 0 Å². The molecular weight excluding hydrogens is 356 g/mol. The molecule has 0 saturated heterocycles. The first-order valence-electron chi connectivity index (χ1n) is 9.09. The number of esters is 2. The van der Waals surface area contributed by atoms with Gasteiger partial charge in [-0.1, -0.05) is 66.7 Å². The smallest absolute Gasteiger partial charge is 0.306 e. The summed E-state index contributed by atoms with van der Waals surface area (Å²) >= 11 is 0. The molecule has 0 saturated carbocycles. The third kappa shape index (κ3) is 11.4. The minimum absolute atomic E-state index is 0.163. The predicted molar refractivity (Wildman–Crippen MR) is 107 cm³/mol. The van der Waals surface area contributed by atoms with Crippen molar-refractivity contribution in [3.05, 3.63) is 84.4 Å². The molecule has 5 heteroatoms. The van der Waals surface area contributed by atoms with Crippen LogP contribution in [0, 0.1) is 0 Å². The van der Waals surface area contributed by atoms with Crippen LogP contribution in [0.4, 0.5) is 0 Å². The lowest BCUT2D eigenvalue weighted by atomic mass is 10.2. The topological polar surface area (TPSA) is 69.7 Å². The zero-order chi connectivity index (χ0) is 20.5. The molecule has 0 bridgehead atoms. The number of hydrogen-bond donors (Lipinski definition) is 0. The Morgan fingerprint density at radius 2 is 1.18 bits per heavy atom. The van der Waals surface area contributed by atoms with E-state index in [9.17, 15) is 14.4 Å². The summed E-state index contributed by atoms with van der Waals surface area (Å²) in [6.07, 6.45) is 3.90. The molecule has 0 aliphatic carbocycles. The Balaban J connectivity index is 0.000000280. The highest BCUT2D eigenvalue weighted by molar-refractivity contribution is 5.72. The lowest BCUT2D eigenvalue weighted by Gasteiger charge is -2.03. The zero-order valence-corrected chi connectivity index (χ0v) is 15.9. The molecule has 0 unspecified atom stereocenters. The zero-order valence-electron chi connectivity index (χ0n) is 15.9. The average molecular weight is 382 g/mol. The first kappa shape index (κ1) is 22.8. The maximum Gasteiger partial charge on any atom is 0.306 e. The van der Waals surface area contributed by atoms with Crippen molar-refractivity contribution in [1.29, 1.82) is 0 Å². The number of benzene rings is 2. The third-order valence-corrected chi connectivity index (χ3v) is 3.50. The van der Waals surface area contributed by atoms with Crippen LogP contribution in [0.5, 0.6) is 0 Å². The quantitative estimate of drug-likeness (QED) is 0.346. The lowest BCUT2D eigenvalue weighted by molar-refractivity contribution is -0.146. The fourth-order valence-corrected chi connectivity index (χ4v) is 2.02. The molecule has 0 aliphatic heterocycles. The van der Waals surface area contributed by atoms with Gasteiger partial charge in [-0.15, -0.1) is 6.58 Å². The number of aldehydes is 1. The summed E-state index contributed by atoms with van der Waals surface area (Å²) < 4.78 is 9.98. The van der Waals surface area contributed by atoms with Crippen LogP contribution in [0.2, 0.25) is 0 Å². The Hall–Kier alpha value is -3.21. The number of rotatable bonds is 10. The Labute approximate surface area is 166 Å². The maximum atomic E-state index is 11.1. The number of carbonyl (C=O) groups excluding carboxylic acids is 3. The standard InChI is InChI=1S/C12H14O2.C11H12O3/c1-2-3-9-12(13)14-10-11-7-5-4-6-8-11;12-8-4-7-11(13)14-9-10-5-2-1-3-6-10/h2,4-8H,1,3,9-10H2;1-3,5-6,8H,4,7,9H2. The van der Waals surface area contributed by atoms with Crippen LogP contribution in [0.25, 0.3) is 0 Å². The lowest BCUT2D eigenvalue weighted by Crippen LogP contribution is -2.04. The van der Waals surface area contributed by atoms with E-state index in [2.05, 4.69) is 6.58 Å². The van der Waals surface area contributed by atoms with Crippen molar-refractivity contribution >= 4 is 18.2 Å². The summed E-state index contributed by atoms with van der Waals surface area (Å²) in [6.45, 7) is 4.18. The van der Waals surface area contributed by atoms with Gasteiger partial charge in [-0.2, -0.15) is 0 Å². The minimum Gasteiger partial charge on any atom is -0.461 e. The molecule has 0 heterocycles. The van der Waals surface area contributed by atoms with Gasteiger partial charge in [0.25, 0.3) is 0 Å². The number of carbonyl (C=O) groups is 3. The molecule has 148 valence electrons. The molecule has 0 radical (unpaired) electrons. The Morgan fingerprint density at radius 3 is 1.57 bits per heavy atom. The molecule has 28 heavy (non-hydrogen) atoms. The van der Waals surface area contributed by atoms with Crippen LogP contribution in [0.15, 0.2) is 73.3 Å². The molecule has 2 aromatic rings. The normalized spacial score (nSPS) is 9.43. The summed E-state index contributed by atoms with van der Waals surface area (Å²) in [4.78, 5) is 32.1. The van der Waals surface area contributed by atoms with E-state index < -0.39 is 0 Å². The SMILES string of the molecule is C=CCCC(=O)OCc1ccccc1.O=CCCC(=O)OCc1ccccc1. The van der Waals surface area contributed by atoms with Gasteiger partial charge in [0, 0.05) is 12.8 Å². The van der Waals surface area contributed by atoms with Gasteiger partial charge < -0.3 is 14.3 Å². The van der Waals surface area contributed by atoms with Crippen LogP contribution in [-0.4, -0.2) is 18.2 Å². The second kappa shape index (κ2) is 14.9. The van der Waals surface area contributed by atoms with Crippen LogP contribution in [0.3, 0.4) is 0 Å². The van der Waals surface area contributed by atoms with Gasteiger partial charge in [0.2, 0.25) is 0 Å². The minimum atomic E-state index is -0.332. The summed E-state index contributed by atoms with van der Waals surface area (Å²) in [5, 5.41) is 0. The van der Waals surface area contributed by atoms with E-state index in [1.807, 2.05) is 60.7 Å². The van der Waals surface area contributed by atoms with Crippen molar-refractivity contribution in [2.45, 2.75) is 38.9 Å². The monoisotopic (exact) mass is 382 g/mol. The molecule has 0 atom stereocenters. The van der Waals surface area contributed by atoms with E-state index in [1.54, 1.807) is 6.08 Å². The second-order valence-electron chi connectivity index (χ2n) is 5.83. The molecule has 5 nitrogen and oxygen atoms in total. The second-order valence-corrected chi connectivity index (χ2v) is 5.83. The maximum absolute atomic E-state index is 11.1. The number of ether oxygens (including phenoxy) is 2. The Morgan fingerprint density at radius 1 is 0.750 bits per heavy atom. The molecular formula is C23H26O5. The van der Waals surface area contributed by atoms with E-state index in [4.69, 9.17) is 9.47 Å². The molecule has 2 rings (SSSR count). The molecule has 0 fully saturated rings. The van der Waals surface area contributed by atoms with Gasteiger partial charge in [0.15, 0.2) is 0 Å². The highest BCUT2D eigenvalue weighted by Crippen LogP contribution is 2.03. The highest BCUT2D eigenvalue weighted by Gasteiger charge is 2.02. The Bertz CT molecular complexity index is 647. The van der Waals surface area contributed by atoms with E-state index in [-0.39, 0.29) is 31.4 Å². The van der Waals surface area contributed by atoms with Crippen molar-refractivity contribution in [2.75, 3.05) is 0 Å². The predicted octanol–water partition coefficient (Wildman–Crippen LogP) is 4.40. The summed E-state index contributed by atoms with van der Waals surface area (Å²) in [5.41, 5.74) is 1.96. The van der Waals surface area contributed by atoms with E-state index >= 15 is 0 Å². The third-order valence-electron chi connectivity index (χ3n) is 3.50. The summed E-state index contributed by atoms with van der Waals surface area (Å²) in [5.74, 6) is -0.505. The fourth-order valence-electron chi connectivity index (χ4n) is 2.02. The van der Waals surface area contributed by atoms with E-state index in [0.29, 0.717) is 25.7 Å². The number of allylic oxidation sites excluding steroid dienone is 1. The van der Waals surface area contributed by atoms with Crippen LogP contribution < -0.4 is 0 Å². The van der Waals surface area contributed by atoms with E-state index in [0.717, 1.165) is 11.1 Å². The van der Waals surface area contributed by atoms with Crippen molar-refractivity contribution in [3.8, 4) is 0 Å². The van der Waals surface area contributed by atoms with Crippen molar-refractivity contribution in [3.63, 3.8) is 0 Å². The summed E-state index contributed by atoms with van der Waals surface area (Å²) in [6, 6.07) is 19.1. The van der Waals surface area contributed by atoms with Crippen LogP contribution in [-0.2, 0) is 37.1 Å². The number of hydrogen-bond acceptors (Lipinski definition) is 5. The molecule has 0 aliphatic rings. The van der Waals surface area contributed by atoms with Gasteiger partial charge in [-0.05, 0) is 17.5 Å². The molecule has 0 N–H and O–H groups in total. The molecule has 2 aromatic carbocycles. The van der Waals surface area contributed by atoms with Gasteiger partial charge in [0.1, 0.15) is 19.5 Å². The van der Waals surface area contributed by atoms with Gasteiger partial charge >= 0.3 is 11.9 Å². The van der Waals surface area contributed by atoms with Gasteiger partial charge in [-0.3, -0.25) is 9.59 Å². The average Bonchev–Trinajstić information content (AvgIpc) is 2.75. The van der Waals surface area contributed by atoms with Crippen LogP contribution >= 0.6 is 0 Å². The van der Waals surface area contributed by atoms with Crippen molar-refractivity contribution < 1.29 is 23.9 Å². The largest absolute Gasteiger partial charge is 0.461 e. The van der Waals surface area contributed by atoms with Gasteiger partial charge in [-0.25, -0.2) is 0 Å². The molecule has 0 spiro atoms. The Kier molecular flexibility index (Phi) is 12.2. The molecule has 0 amide bonds. The highest BCUT2D eigenvalue weighted by atomic mass is 16.5. The molecule has 0 aromatic heterocycles. The van der Waals surface area contributed by atoms with Crippen molar-refractivity contribution in [1.82, 2.24) is 0 Å².